The summed E-state index contributed by atoms with van der Waals surface area (Å²) >= 11 is 0. The van der Waals surface area contributed by atoms with Gasteiger partial charge in [0.1, 0.15) is 6.17 Å². The topological polar surface area (TPSA) is 36.1 Å². The van der Waals surface area contributed by atoms with Crippen molar-refractivity contribution in [2.45, 2.75) is 25.4 Å². The Kier molecular flexibility index (Phi) is 2.59. The average molecular weight is 253 g/mol. The fourth-order valence-electron chi connectivity index (χ4n) is 3.29. The number of allylic oxidation sites excluding steroid dienone is 2. The molecule has 0 saturated carbocycles. The molecule has 1 aliphatic carbocycles. The van der Waals surface area contributed by atoms with Gasteiger partial charge < -0.3 is 16.0 Å². The first-order valence-electron chi connectivity index (χ1n) is 7.11. The van der Waals surface area contributed by atoms with Crippen molar-refractivity contribution in [1.29, 1.82) is 0 Å². The van der Waals surface area contributed by atoms with Gasteiger partial charge in [-0.1, -0.05) is 41.5 Å². The quantitative estimate of drug-likeness (QED) is 0.671. The first kappa shape index (κ1) is 11.1. The molecule has 2 aliphatic heterocycles. The summed E-state index contributed by atoms with van der Waals surface area (Å²) in [7, 11) is 0. The third-order valence-corrected chi connectivity index (χ3v) is 4.36. The van der Waals surface area contributed by atoms with Gasteiger partial charge in [0.25, 0.3) is 0 Å². The summed E-state index contributed by atoms with van der Waals surface area (Å²) in [6.45, 7) is 2.21. The van der Waals surface area contributed by atoms with E-state index in [4.69, 9.17) is 0 Å². The number of benzene rings is 1. The third kappa shape index (κ3) is 1.94. The van der Waals surface area contributed by atoms with Gasteiger partial charge in [0, 0.05) is 30.8 Å². The largest absolute Gasteiger partial charge is 0.363 e. The van der Waals surface area contributed by atoms with Crippen molar-refractivity contribution in [3.05, 3.63) is 58.4 Å². The lowest BCUT2D eigenvalue weighted by atomic mass is 9.89. The molecule has 0 radical (unpaired) electrons. The van der Waals surface area contributed by atoms with Crippen LogP contribution in [-0.2, 0) is 0 Å². The number of nitrogens with one attached hydrogen (secondary N) is 3. The zero-order valence-electron chi connectivity index (χ0n) is 11.0. The van der Waals surface area contributed by atoms with E-state index in [0.717, 1.165) is 25.9 Å². The van der Waals surface area contributed by atoms with E-state index in [1.807, 2.05) is 0 Å². The van der Waals surface area contributed by atoms with Crippen LogP contribution in [0, 0.1) is 0 Å². The standard InChI is InChI=1S/C16H19N3/c1-2-4-11(5-3-1)16-18-14-8-12-6-7-17-10-13(12)9-15(14)19-16/h1-5,16-19H,6-10H2. The van der Waals surface area contributed by atoms with Crippen LogP contribution < -0.4 is 16.0 Å². The van der Waals surface area contributed by atoms with Crippen LogP contribution in [0.2, 0.25) is 0 Å². The first-order valence-corrected chi connectivity index (χ1v) is 7.11. The Bertz CT molecular complexity index is 527. The maximum Gasteiger partial charge on any atom is 0.123 e. The van der Waals surface area contributed by atoms with Crippen LogP contribution in [0.1, 0.15) is 31.0 Å². The molecule has 0 aromatic heterocycles. The molecule has 1 aromatic rings. The summed E-state index contributed by atoms with van der Waals surface area (Å²) in [5, 5.41) is 10.8. The molecule has 0 fully saturated rings. The SMILES string of the molecule is c1ccc(C2NC3=C(CC4=C(CCNC4)C3)N2)cc1. The summed E-state index contributed by atoms with van der Waals surface area (Å²) < 4.78 is 0. The minimum Gasteiger partial charge on any atom is -0.363 e. The van der Waals surface area contributed by atoms with Gasteiger partial charge in [-0.05, 0) is 18.5 Å². The van der Waals surface area contributed by atoms with Crippen molar-refractivity contribution in [2.24, 2.45) is 0 Å². The molecule has 0 bridgehead atoms. The van der Waals surface area contributed by atoms with Gasteiger partial charge in [-0.15, -0.1) is 0 Å². The number of hydrogen-bond donors (Lipinski definition) is 3. The molecular weight excluding hydrogens is 234 g/mol. The van der Waals surface area contributed by atoms with Crippen molar-refractivity contribution >= 4 is 0 Å². The molecule has 2 heterocycles. The second-order valence-electron chi connectivity index (χ2n) is 5.58. The highest BCUT2D eigenvalue weighted by molar-refractivity contribution is 5.39. The number of rotatable bonds is 1. The Morgan fingerprint density at radius 3 is 2.42 bits per heavy atom. The highest BCUT2D eigenvalue weighted by atomic mass is 15.2. The molecule has 1 unspecified atom stereocenters. The molecule has 0 amide bonds. The van der Waals surface area contributed by atoms with Crippen molar-refractivity contribution in [3.63, 3.8) is 0 Å². The zero-order valence-corrected chi connectivity index (χ0v) is 11.0. The Hall–Kier alpha value is -1.74. The van der Waals surface area contributed by atoms with Crippen molar-refractivity contribution < 1.29 is 0 Å². The van der Waals surface area contributed by atoms with Gasteiger partial charge in [-0.25, -0.2) is 0 Å². The van der Waals surface area contributed by atoms with E-state index in [2.05, 4.69) is 46.3 Å². The van der Waals surface area contributed by atoms with E-state index in [-0.39, 0.29) is 6.17 Å². The molecule has 3 nitrogen and oxygen atoms in total. The monoisotopic (exact) mass is 253 g/mol. The Morgan fingerprint density at radius 1 is 0.895 bits per heavy atom. The maximum atomic E-state index is 3.66. The van der Waals surface area contributed by atoms with Crippen molar-refractivity contribution in [1.82, 2.24) is 16.0 Å². The predicted molar refractivity (Wildman–Crippen MR) is 76.2 cm³/mol. The van der Waals surface area contributed by atoms with E-state index in [1.165, 1.54) is 23.4 Å². The van der Waals surface area contributed by atoms with Gasteiger partial charge in [0.2, 0.25) is 0 Å². The van der Waals surface area contributed by atoms with Gasteiger partial charge >= 0.3 is 0 Å². The Morgan fingerprint density at radius 2 is 1.63 bits per heavy atom. The minimum atomic E-state index is 0.250. The average Bonchev–Trinajstić information content (AvgIpc) is 2.88. The van der Waals surface area contributed by atoms with Crippen LogP contribution in [0.5, 0.6) is 0 Å². The summed E-state index contributed by atoms with van der Waals surface area (Å²) in [5.74, 6) is 0. The highest BCUT2D eigenvalue weighted by Crippen LogP contribution is 2.35. The fourth-order valence-corrected chi connectivity index (χ4v) is 3.29. The van der Waals surface area contributed by atoms with E-state index < -0.39 is 0 Å². The second-order valence-corrected chi connectivity index (χ2v) is 5.58. The molecule has 0 spiro atoms. The van der Waals surface area contributed by atoms with Gasteiger partial charge in [0.05, 0.1) is 0 Å². The number of hydrogen-bond acceptors (Lipinski definition) is 3. The third-order valence-electron chi connectivity index (χ3n) is 4.36. The molecule has 1 atom stereocenters. The van der Waals surface area contributed by atoms with E-state index >= 15 is 0 Å². The Labute approximate surface area is 113 Å². The minimum absolute atomic E-state index is 0.250. The summed E-state index contributed by atoms with van der Waals surface area (Å²) in [5.41, 5.74) is 7.38. The molecule has 3 heteroatoms. The van der Waals surface area contributed by atoms with Crippen LogP contribution in [0.25, 0.3) is 0 Å². The molecule has 98 valence electrons. The van der Waals surface area contributed by atoms with Crippen LogP contribution in [0.15, 0.2) is 52.9 Å². The summed E-state index contributed by atoms with van der Waals surface area (Å²) in [4.78, 5) is 0. The fraction of sp³-hybridized carbons (Fsp3) is 0.375. The van der Waals surface area contributed by atoms with Crippen LogP contribution in [-0.4, -0.2) is 13.1 Å². The highest BCUT2D eigenvalue weighted by Gasteiger charge is 2.29. The zero-order chi connectivity index (χ0) is 12.7. The van der Waals surface area contributed by atoms with Gasteiger partial charge in [-0.3, -0.25) is 0 Å². The van der Waals surface area contributed by atoms with Gasteiger partial charge in [0.15, 0.2) is 0 Å². The van der Waals surface area contributed by atoms with Crippen LogP contribution in [0.3, 0.4) is 0 Å². The molecule has 3 N–H and O–H groups in total. The van der Waals surface area contributed by atoms with E-state index in [0.29, 0.717) is 0 Å². The van der Waals surface area contributed by atoms with E-state index in [9.17, 15) is 0 Å². The maximum absolute atomic E-state index is 3.66. The molecular formula is C16H19N3. The normalized spacial score (nSPS) is 25.6. The second kappa shape index (κ2) is 4.42. The summed E-state index contributed by atoms with van der Waals surface area (Å²) in [6.07, 6.45) is 3.67. The molecule has 1 aromatic carbocycles. The molecule has 3 aliphatic rings. The van der Waals surface area contributed by atoms with E-state index in [1.54, 1.807) is 11.1 Å². The summed E-state index contributed by atoms with van der Waals surface area (Å²) in [6, 6.07) is 10.6. The van der Waals surface area contributed by atoms with Gasteiger partial charge in [-0.2, -0.15) is 0 Å². The lowest BCUT2D eigenvalue weighted by Gasteiger charge is -2.26. The molecule has 4 rings (SSSR count). The Balaban J connectivity index is 1.53. The smallest absolute Gasteiger partial charge is 0.123 e. The van der Waals surface area contributed by atoms with Crippen LogP contribution in [0.4, 0.5) is 0 Å². The first-order chi connectivity index (χ1) is 9.40. The van der Waals surface area contributed by atoms with Crippen LogP contribution >= 0.6 is 0 Å². The lowest BCUT2D eigenvalue weighted by Crippen LogP contribution is -2.28. The predicted octanol–water partition coefficient (Wildman–Crippen LogP) is 2.17. The van der Waals surface area contributed by atoms with Crippen molar-refractivity contribution in [3.8, 4) is 0 Å². The molecule has 19 heavy (non-hydrogen) atoms. The molecule has 0 saturated heterocycles. The van der Waals surface area contributed by atoms with Crippen molar-refractivity contribution in [2.75, 3.05) is 13.1 Å². The lowest BCUT2D eigenvalue weighted by molar-refractivity contribution is 0.580.